The van der Waals surface area contributed by atoms with E-state index in [-0.39, 0.29) is 17.4 Å². The van der Waals surface area contributed by atoms with Crippen LogP contribution in [0.1, 0.15) is 36.9 Å². The number of rotatable bonds is 5. The highest BCUT2D eigenvalue weighted by molar-refractivity contribution is 7.21. The van der Waals surface area contributed by atoms with E-state index in [1.165, 1.54) is 11.3 Å². The fourth-order valence-electron chi connectivity index (χ4n) is 2.43. The van der Waals surface area contributed by atoms with Gasteiger partial charge in [0.1, 0.15) is 4.88 Å². The minimum Gasteiger partial charge on any atom is -0.393 e. The van der Waals surface area contributed by atoms with Crippen LogP contribution in [-0.2, 0) is 0 Å². The predicted molar refractivity (Wildman–Crippen MR) is 89.2 cm³/mol. The molecule has 0 aliphatic heterocycles. The van der Waals surface area contributed by atoms with Gasteiger partial charge in [-0.3, -0.25) is 4.79 Å². The molecule has 2 rings (SSSR count). The lowest BCUT2D eigenvalue weighted by atomic mass is 9.87. The highest BCUT2D eigenvalue weighted by Crippen LogP contribution is 2.35. The highest BCUT2D eigenvalue weighted by Gasteiger charge is 2.23. The molecular weight excluding hydrogens is 306 g/mol. The van der Waals surface area contributed by atoms with E-state index in [0.29, 0.717) is 22.9 Å². The highest BCUT2D eigenvalue weighted by atomic mass is 35.5. The molecule has 1 heterocycles. The van der Waals surface area contributed by atoms with Crippen molar-refractivity contribution in [3.8, 4) is 0 Å². The lowest BCUT2D eigenvalue weighted by Crippen LogP contribution is -2.35. The van der Waals surface area contributed by atoms with E-state index < -0.39 is 0 Å². The number of carbonyl (C=O) groups is 1. The summed E-state index contributed by atoms with van der Waals surface area (Å²) >= 11 is 7.70. The second kappa shape index (κ2) is 6.34. The molecule has 0 fully saturated rings. The summed E-state index contributed by atoms with van der Waals surface area (Å²) in [5.41, 5.74) is -0.160. The number of hydrogen-bond acceptors (Lipinski definition) is 3. The lowest BCUT2D eigenvalue weighted by molar-refractivity contribution is 0.0906. The Morgan fingerprint density at radius 2 is 2.10 bits per heavy atom. The summed E-state index contributed by atoms with van der Waals surface area (Å²) in [6, 6.07) is 7.72. The number of fused-ring (bicyclic) bond motifs is 1. The van der Waals surface area contributed by atoms with Crippen LogP contribution in [0.2, 0.25) is 5.02 Å². The van der Waals surface area contributed by atoms with Gasteiger partial charge in [0.15, 0.2) is 0 Å². The standard InChI is InChI=1S/C16H20ClNO2S/c1-10(19)8-16(2,3)9-18-15(20)14-13(17)11-6-4-5-7-12(11)21-14/h4-7,10,19H,8-9H2,1-3H3,(H,18,20). The van der Waals surface area contributed by atoms with E-state index in [1.54, 1.807) is 6.92 Å². The Balaban J connectivity index is 2.11. The maximum atomic E-state index is 12.3. The van der Waals surface area contributed by atoms with Crippen LogP contribution in [0.5, 0.6) is 0 Å². The summed E-state index contributed by atoms with van der Waals surface area (Å²) < 4.78 is 1.01. The Kier molecular flexibility index (Phi) is 4.91. The second-order valence-electron chi connectivity index (χ2n) is 6.14. The molecule has 1 unspecified atom stereocenters. The number of thiophene rings is 1. The van der Waals surface area contributed by atoms with Gasteiger partial charge in [-0.25, -0.2) is 0 Å². The van der Waals surface area contributed by atoms with Crippen LogP contribution in [0.15, 0.2) is 24.3 Å². The van der Waals surface area contributed by atoms with Crippen molar-refractivity contribution in [2.45, 2.75) is 33.3 Å². The molecule has 0 spiro atoms. The largest absolute Gasteiger partial charge is 0.393 e. The van der Waals surface area contributed by atoms with E-state index in [0.717, 1.165) is 10.1 Å². The molecule has 1 amide bonds. The van der Waals surface area contributed by atoms with Gasteiger partial charge >= 0.3 is 0 Å². The normalized spacial score (nSPS) is 13.4. The fourth-order valence-corrected chi connectivity index (χ4v) is 3.87. The van der Waals surface area contributed by atoms with Crippen molar-refractivity contribution < 1.29 is 9.90 Å². The first-order chi connectivity index (χ1) is 9.80. The zero-order valence-electron chi connectivity index (χ0n) is 12.4. The van der Waals surface area contributed by atoms with Gasteiger partial charge in [-0.1, -0.05) is 43.6 Å². The van der Waals surface area contributed by atoms with Crippen LogP contribution in [0.4, 0.5) is 0 Å². The van der Waals surface area contributed by atoms with Gasteiger partial charge in [0, 0.05) is 16.6 Å². The SMILES string of the molecule is CC(O)CC(C)(C)CNC(=O)c1sc2ccccc2c1Cl. The lowest BCUT2D eigenvalue weighted by Gasteiger charge is -2.26. The third kappa shape index (κ3) is 3.96. The van der Waals surface area contributed by atoms with Gasteiger partial charge < -0.3 is 10.4 Å². The third-order valence-corrected chi connectivity index (χ3v) is 4.99. The van der Waals surface area contributed by atoms with E-state index in [1.807, 2.05) is 38.1 Å². The third-order valence-electron chi connectivity index (χ3n) is 3.32. The zero-order chi connectivity index (χ0) is 15.6. The second-order valence-corrected chi connectivity index (χ2v) is 7.57. The first kappa shape index (κ1) is 16.3. The first-order valence-corrected chi connectivity index (χ1v) is 8.13. The van der Waals surface area contributed by atoms with Crippen LogP contribution in [-0.4, -0.2) is 23.7 Å². The van der Waals surface area contributed by atoms with Crippen molar-refractivity contribution >= 4 is 38.9 Å². The molecule has 0 bridgehead atoms. The van der Waals surface area contributed by atoms with E-state index >= 15 is 0 Å². The van der Waals surface area contributed by atoms with Gasteiger partial charge in [0.25, 0.3) is 5.91 Å². The molecule has 3 nitrogen and oxygen atoms in total. The van der Waals surface area contributed by atoms with Crippen LogP contribution in [0.3, 0.4) is 0 Å². The number of aliphatic hydroxyl groups is 1. The maximum Gasteiger partial charge on any atom is 0.262 e. The molecule has 1 aromatic carbocycles. The van der Waals surface area contributed by atoms with Crippen molar-refractivity contribution in [3.63, 3.8) is 0 Å². The summed E-state index contributed by atoms with van der Waals surface area (Å²) in [5, 5.41) is 13.8. The fraction of sp³-hybridized carbons (Fsp3) is 0.438. The topological polar surface area (TPSA) is 49.3 Å². The molecule has 114 valence electrons. The average molecular weight is 326 g/mol. The van der Waals surface area contributed by atoms with Gasteiger partial charge in [-0.2, -0.15) is 0 Å². The summed E-state index contributed by atoms with van der Waals surface area (Å²) in [6.07, 6.45) is 0.248. The van der Waals surface area contributed by atoms with Crippen LogP contribution >= 0.6 is 22.9 Å². The summed E-state index contributed by atoms with van der Waals surface area (Å²) in [5.74, 6) is -0.153. The van der Waals surface area contributed by atoms with Crippen molar-refractivity contribution in [1.29, 1.82) is 0 Å². The van der Waals surface area contributed by atoms with Gasteiger partial charge in [0.05, 0.1) is 11.1 Å². The van der Waals surface area contributed by atoms with E-state index in [9.17, 15) is 9.90 Å². The molecule has 0 saturated carbocycles. The van der Waals surface area contributed by atoms with Crippen LogP contribution in [0.25, 0.3) is 10.1 Å². The van der Waals surface area contributed by atoms with E-state index in [2.05, 4.69) is 5.32 Å². The molecule has 0 saturated heterocycles. The Bertz CT molecular complexity index is 649. The van der Waals surface area contributed by atoms with Crippen LogP contribution < -0.4 is 5.32 Å². The number of aliphatic hydroxyl groups excluding tert-OH is 1. The summed E-state index contributed by atoms with van der Waals surface area (Å²) in [6.45, 7) is 6.30. The molecule has 2 aromatic rings. The molecule has 0 radical (unpaired) electrons. The molecule has 5 heteroatoms. The molecule has 0 aliphatic rings. The van der Waals surface area contributed by atoms with Crippen molar-refractivity contribution in [2.24, 2.45) is 5.41 Å². The van der Waals surface area contributed by atoms with Crippen molar-refractivity contribution in [2.75, 3.05) is 6.54 Å². The van der Waals surface area contributed by atoms with Gasteiger partial charge in [0.2, 0.25) is 0 Å². The molecule has 21 heavy (non-hydrogen) atoms. The minimum atomic E-state index is -0.384. The number of nitrogens with one attached hydrogen (secondary N) is 1. The van der Waals surface area contributed by atoms with Gasteiger partial charge in [-0.05, 0) is 24.8 Å². The average Bonchev–Trinajstić information content (AvgIpc) is 2.73. The zero-order valence-corrected chi connectivity index (χ0v) is 14.0. The Morgan fingerprint density at radius 3 is 2.71 bits per heavy atom. The quantitative estimate of drug-likeness (QED) is 0.870. The predicted octanol–water partition coefficient (Wildman–Crippen LogP) is 4.08. The Labute approximate surface area is 133 Å². The van der Waals surface area contributed by atoms with Crippen molar-refractivity contribution in [1.82, 2.24) is 5.32 Å². The minimum absolute atomic E-state index is 0.153. The molecular formula is C16H20ClNO2S. The number of carbonyl (C=O) groups excluding carboxylic acids is 1. The number of halogens is 1. The first-order valence-electron chi connectivity index (χ1n) is 6.93. The maximum absolute atomic E-state index is 12.3. The Morgan fingerprint density at radius 1 is 1.43 bits per heavy atom. The number of hydrogen-bond donors (Lipinski definition) is 2. The molecule has 1 aromatic heterocycles. The van der Waals surface area contributed by atoms with Crippen LogP contribution in [0, 0.1) is 5.41 Å². The molecule has 0 aliphatic carbocycles. The van der Waals surface area contributed by atoms with Crippen molar-refractivity contribution in [3.05, 3.63) is 34.2 Å². The molecule has 2 N–H and O–H groups in total. The number of benzene rings is 1. The summed E-state index contributed by atoms with van der Waals surface area (Å²) in [7, 11) is 0. The smallest absolute Gasteiger partial charge is 0.262 e. The summed E-state index contributed by atoms with van der Waals surface area (Å²) in [4.78, 5) is 12.9. The van der Waals surface area contributed by atoms with Gasteiger partial charge in [-0.15, -0.1) is 11.3 Å². The Hall–Kier alpha value is -1.10. The van der Waals surface area contributed by atoms with E-state index in [4.69, 9.17) is 11.6 Å². The monoisotopic (exact) mass is 325 g/mol. The number of amides is 1. The molecule has 1 atom stereocenters.